The summed E-state index contributed by atoms with van der Waals surface area (Å²) in [5.74, 6) is 0. The third kappa shape index (κ3) is 4.97. The van der Waals surface area contributed by atoms with Crippen LogP contribution >= 0.6 is 11.8 Å². The fourth-order valence-corrected chi connectivity index (χ4v) is 4.25. The maximum atomic E-state index is 13.3. The summed E-state index contributed by atoms with van der Waals surface area (Å²) in [6.45, 7) is 1.39. The molecule has 0 saturated heterocycles. The Morgan fingerprint density at radius 3 is 2.32 bits per heavy atom. The molecule has 1 N–H and O–H groups in total. The van der Waals surface area contributed by atoms with E-state index in [1.807, 2.05) is 24.5 Å². The molecule has 0 spiro atoms. The van der Waals surface area contributed by atoms with Crippen LogP contribution in [0.2, 0.25) is 0 Å². The average molecular weight is 441 g/mol. The van der Waals surface area contributed by atoms with Crippen LogP contribution in [-0.4, -0.2) is 10.8 Å². The molecule has 31 heavy (non-hydrogen) atoms. The predicted octanol–water partition coefficient (Wildman–Crippen LogP) is 6.72. The van der Waals surface area contributed by atoms with Gasteiger partial charge in [-0.2, -0.15) is 13.2 Å². The van der Waals surface area contributed by atoms with Crippen LogP contribution in [0.1, 0.15) is 22.3 Å². The molecule has 1 aromatic heterocycles. The lowest BCUT2D eigenvalue weighted by Crippen LogP contribution is -2.17. The second-order valence-electron chi connectivity index (χ2n) is 7.41. The SMILES string of the molecule is CSc1ccc2c(c1)c(CNCc1ccccc1C(F)(F)F)cn2Cc1ccccc1. The van der Waals surface area contributed by atoms with Crippen molar-refractivity contribution in [1.29, 1.82) is 0 Å². The van der Waals surface area contributed by atoms with Gasteiger partial charge in [0.2, 0.25) is 0 Å². The second kappa shape index (κ2) is 9.20. The van der Waals surface area contributed by atoms with Crippen LogP contribution in [0, 0.1) is 0 Å². The van der Waals surface area contributed by atoms with Crippen LogP contribution in [0.4, 0.5) is 13.2 Å². The Balaban J connectivity index is 1.59. The Hall–Kier alpha value is -2.70. The summed E-state index contributed by atoms with van der Waals surface area (Å²) in [4.78, 5) is 1.16. The molecule has 0 fully saturated rings. The van der Waals surface area contributed by atoms with Crippen LogP contribution in [0.5, 0.6) is 0 Å². The Morgan fingerprint density at radius 2 is 1.58 bits per heavy atom. The Kier molecular flexibility index (Phi) is 6.39. The summed E-state index contributed by atoms with van der Waals surface area (Å²) >= 11 is 1.68. The zero-order valence-electron chi connectivity index (χ0n) is 17.1. The quantitative estimate of drug-likeness (QED) is 0.321. The first-order valence-corrected chi connectivity index (χ1v) is 11.2. The number of nitrogens with zero attached hydrogens (tertiary/aromatic N) is 1. The monoisotopic (exact) mass is 440 g/mol. The van der Waals surface area contributed by atoms with Crippen LogP contribution in [0.25, 0.3) is 10.9 Å². The van der Waals surface area contributed by atoms with Crippen molar-refractivity contribution in [1.82, 2.24) is 9.88 Å². The molecule has 0 saturated carbocycles. The number of benzene rings is 3. The van der Waals surface area contributed by atoms with Gasteiger partial charge in [-0.1, -0.05) is 48.5 Å². The van der Waals surface area contributed by atoms with E-state index in [1.54, 1.807) is 17.8 Å². The molecule has 0 radical (unpaired) electrons. The first-order valence-electron chi connectivity index (χ1n) is 10.0. The maximum Gasteiger partial charge on any atom is 0.416 e. The smallest absolute Gasteiger partial charge is 0.343 e. The second-order valence-corrected chi connectivity index (χ2v) is 8.29. The molecule has 4 aromatic rings. The van der Waals surface area contributed by atoms with Crippen molar-refractivity contribution in [2.75, 3.05) is 6.26 Å². The third-order valence-electron chi connectivity index (χ3n) is 5.32. The number of hydrogen-bond donors (Lipinski definition) is 1. The minimum atomic E-state index is -4.35. The molecular formula is C25H23F3N2S. The van der Waals surface area contributed by atoms with E-state index < -0.39 is 11.7 Å². The first-order chi connectivity index (χ1) is 15.0. The Bertz CT molecular complexity index is 1170. The van der Waals surface area contributed by atoms with Gasteiger partial charge in [0, 0.05) is 41.6 Å². The van der Waals surface area contributed by atoms with Crippen molar-refractivity contribution in [3.05, 3.63) is 101 Å². The summed E-state index contributed by atoms with van der Waals surface area (Å²) in [5, 5.41) is 4.34. The number of nitrogens with one attached hydrogen (secondary N) is 1. The number of hydrogen-bond acceptors (Lipinski definition) is 2. The van der Waals surface area contributed by atoms with Crippen molar-refractivity contribution < 1.29 is 13.2 Å². The standard InChI is InChI=1S/C25H23F3N2S/c1-31-21-11-12-24-22(13-21)20(17-30(24)16-18-7-3-2-4-8-18)15-29-14-19-9-5-6-10-23(19)25(26,27)28/h2-13,17,29H,14-16H2,1H3. The van der Waals surface area contributed by atoms with Crippen molar-refractivity contribution >= 4 is 22.7 Å². The lowest BCUT2D eigenvalue weighted by atomic mass is 10.1. The normalized spacial score (nSPS) is 11.9. The van der Waals surface area contributed by atoms with Crippen LogP contribution in [0.3, 0.4) is 0 Å². The van der Waals surface area contributed by atoms with Gasteiger partial charge in [0.25, 0.3) is 0 Å². The van der Waals surface area contributed by atoms with Crippen LogP contribution in [-0.2, 0) is 25.8 Å². The topological polar surface area (TPSA) is 17.0 Å². The largest absolute Gasteiger partial charge is 0.416 e. The number of fused-ring (bicyclic) bond motifs is 1. The van der Waals surface area contributed by atoms with E-state index in [9.17, 15) is 13.2 Å². The first kappa shape index (κ1) is 21.5. The molecule has 4 rings (SSSR count). The van der Waals surface area contributed by atoms with Crippen LogP contribution < -0.4 is 5.32 Å². The Morgan fingerprint density at radius 1 is 0.871 bits per heavy atom. The van der Waals surface area contributed by atoms with Gasteiger partial charge in [0.05, 0.1) is 5.56 Å². The molecule has 0 aliphatic carbocycles. The molecule has 0 aliphatic heterocycles. The lowest BCUT2D eigenvalue weighted by molar-refractivity contribution is -0.138. The summed E-state index contributed by atoms with van der Waals surface area (Å²) < 4.78 is 42.0. The minimum absolute atomic E-state index is 0.156. The summed E-state index contributed by atoms with van der Waals surface area (Å²) in [6.07, 6.45) is -0.213. The van der Waals surface area contributed by atoms with Crippen molar-refractivity contribution in [2.45, 2.75) is 30.7 Å². The highest BCUT2D eigenvalue weighted by Gasteiger charge is 2.32. The van der Waals surface area contributed by atoms with Gasteiger partial charge in [-0.3, -0.25) is 0 Å². The van der Waals surface area contributed by atoms with E-state index in [1.165, 1.54) is 17.7 Å². The summed E-state index contributed by atoms with van der Waals surface area (Å²) in [5.41, 5.74) is 3.07. The molecule has 1 heterocycles. The molecule has 0 atom stereocenters. The van der Waals surface area contributed by atoms with Gasteiger partial charge in [-0.25, -0.2) is 0 Å². The van der Waals surface area contributed by atoms with E-state index >= 15 is 0 Å². The molecule has 2 nitrogen and oxygen atoms in total. The van der Waals surface area contributed by atoms with Gasteiger partial charge in [-0.15, -0.1) is 11.8 Å². The zero-order chi connectivity index (χ0) is 21.8. The van der Waals surface area contributed by atoms with Crippen molar-refractivity contribution in [2.24, 2.45) is 0 Å². The fraction of sp³-hybridized carbons (Fsp3) is 0.200. The van der Waals surface area contributed by atoms with Gasteiger partial charge < -0.3 is 9.88 Å². The molecule has 3 aromatic carbocycles. The maximum absolute atomic E-state index is 13.3. The average Bonchev–Trinajstić information content (AvgIpc) is 3.10. The number of rotatable bonds is 7. The summed E-state index contributed by atoms with van der Waals surface area (Å²) in [6, 6.07) is 22.3. The number of thioether (sulfide) groups is 1. The molecule has 0 amide bonds. The molecule has 0 aliphatic rings. The minimum Gasteiger partial charge on any atom is -0.343 e. The fourth-order valence-electron chi connectivity index (χ4n) is 3.81. The van der Waals surface area contributed by atoms with Crippen molar-refractivity contribution in [3.8, 4) is 0 Å². The van der Waals surface area contributed by atoms with Gasteiger partial charge in [0.15, 0.2) is 0 Å². The molecule has 0 bridgehead atoms. The molecule has 160 valence electrons. The highest BCUT2D eigenvalue weighted by atomic mass is 32.2. The van der Waals surface area contributed by atoms with E-state index in [0.717, 1.165) is 34.0 Å². The van der Waals surface area contributed by atoms with Crippen LogP contribution in [0.15, 0.2) is 83.9 Å². The van der Waals surface area contributed by atoms with Crippen molar-refractivity contribution in [3.63, 3.8) is 0 Å². The van der Waals surface area contributed by atoms with E-state index in [4.69, 9.17) is 0 Å². The van der Waals surface area contributed by atoms with Gasteiger partial charge in [-0.05, 0) is 47.2 Å². The molecule has 6 heteroatoms. The highest BCUT2D eigenvalue weighted by Crippen LogP contribution is 2.32. The van der Waals surface area contributed by atoms with E-state index in [-0.39, 0.29) is 12.1 Å². The van der Waals surface area contributed by atoms with Gasteiger partial charge in [0.1, 0.15) is 0 Å². The number of alkyl halides is 3. The highest BCUT2D eigenvalue weighted by molar-refractivity contribution is 7.98. The predicted molar refractivity (Wildman–Crippen MR) is 121 cm³/mol. The molecular weight excluding hydrogens is 417 g/mol. The van der Waals surface area contributed by atoms with E-state index in [2.05, 4.69) is 46.4 Å². The van der Waals surface area contributed by atoms with Gasteiger partial charge >= 0.3 is 6.18 Å². The summed E-state index contributed by atoms with van der Waals surface area (Å²) in [7, 11) is 0. The number of halogens is 3. The third-order valence-corrected chi connectivity index (χ3v) is 6.05. The molecule has 0 unspecified atom stereocenters. The number of aromatic nitrogens is 1. The lowest BCUT2D eigenvalue weighted by Gasteiger charge is -2.13. The zero-order valence-corrected chi connectivity index (χ0v) is 17.9. The Labute approximate surface area is 184 Å². The van der Waals surface area contributed by atoms with E-state index in [0.29, 0.717) is 6.54 Å².